The third-order valence-electron chi connectivity index (χ3n) is 4.19. The van der Waals surface area contributed by atoms with Crippen molar-refractivity contribution in [3.63, 3.8) is 0 Å². The molecule has 2 atom stereocenters. The van der Waals surface area contributed by atoms with Crippen molar-refractivity contribution < 1.29 is 23.4 Å². The van der Waals surface area contributed by atoms with E-state index in [-0.39, 0.29) is 55.5 Å². The van der Waals surface area contributed by atoms with Gasteiger partial charge in [0.25, 0.3) is 11.8 Å². The summed E-state index contributed by atoms with van der Waals surface area (Å²) in [6, 6.07) is -1.58. The quantitative estimate of drug-likeness (QED) is 0.857. The van der Waals surface area contributed by atoms with Crippen molar-refractivity contribution in [3.8, 4) is 5.88 Å². The summed E-state index contributed by atoms with van der Waals surface area (Å²) in [6.45, 7) is 1.82. The lowest BCUT2D eigenvalue weighted by atomic mass is 9.88. The maximum absolute atomic E-state index is 14.2. The number of fused-ring (bicyclic) bond motifs is 1. The van der Waals surface area contributed by atoms with E-state index < -0.39 is 24.0 Å². The van der Waals surface area contributed by atoms with Crippen molar-refractivity contribution in [2.75, 3.05) is 12.3 Å². The largest absolute Gasteiger partial charge is 0.477 e. The summed E-state index contributed by atoms with van der Waals surface area (Å²) in [5, 5.41) is 10.0. The molecule has 9 heteroatoms. The van der Waals surface area contributed by atoms with Crippen LogP contribution in [0.25, 0.3) is 0 Å². The van der Waals surface area contributed by atoms with Gasteiger partial charge in [-0.15, -0.1) is 0 Å². The fraction of sp³-hybridized carbons (Fsp3) is 0.643. The normalized spacial score (nSPS) is 26.3. The van der Waals surface area contributed by atoms with Gasteiger partial charge in [-0.3, -0.25) is 4.79 Å². The average Bonchev–Trinajstić information content (AvgIpc) is 2.75. The van der Waals surface area contributed by atoms with E-state index in [1.807, 2.05) is 0 Å². The number of carbonyl (C=O) groups excluding carboxylic acids is 1. The van der Waals surface area contributed by atoms with Gasteiger partial charge in [0.05, 0.1) is 24.9 Å². The molecule has 1 amide bonds. The number of alkyl halides is 2. The van der Waals surface area contributed by atoms with Crippen LogP contribution in [0.3, 0.4) is 0 Å². The van der Waals surface area contributed by atoms with Gasteiger partial charge in [-0.2, -0.15) is 4.98 Å². The molecule has 3 rings (SSSR count). The fourth-order valence-corrected chi connectivity index (χ4v) is 3.24. The number of nitrogen functional groups attached to an aromatic ring is 1. The second kappa shape index (κ2) is 5.55. The number of rotatable bonds is 3. The second-order valence-electron chi connectivity index (χ2n) is 5.74. The maximum atomic E-state index is 14.2. The van der Waals surface area contributed by atoms with Gasteiger partial charge < -0.3 is 20.5 Å². The van der Waals surface area contributed by atoms with E-state index in [0.29, 0.717) is 0 Å². The first kappa shape index (κ1) is 15.9. The number of halogens is 2. The number of aliphatic hydroxyl groups excluding tert-OH is 1. The van der Waals surface area contributed by atoms with E-state index in [1.54, 1.807) is 6.92 Å². The summed E-state index contributed by atoms with van der Waals surface area (Å²) in [5.74, 6) is -3.90. The molecule has 1 aliphatic carbocycles. The molecule has 0 aromatic carbocycles. The van der Waals surface area contributed by atoms with Gasteiger partial charge in [0.2, 0.25) is 11.8 Å². The van der Waals surface area contributed by atoms with Gasteiger partial charge in [-0.1, -0.05) is 0 Å². The molecular weight excluding hydrogens is 310 g/mol. The first-order chi connectivity index (χ1) is 10.8. The van der Waals surface area contributed by atoms with Crippen molar-refractivity contribution >= 4 is 11.9 Å². The molecule has 1 aliphatic heterocycles. The Balaban J connectivity index is 1.99. The van der Waals surface area contributed by atoms with Gasteiger partial charge in [0, 0.05) is 6.42 Å². The first-order valence-corrected chi connectivity index (χ1v) is 7.51. The zero-order valence-corrected chi connectivity index (χ0v) is 12.6. The number of anilines is 1. The number of hydrogen-bond donors (Lipinski definition) is 2. The van der Waals surface area contributed by atoms with Crippen LogP contribution in [0.15, 0.2) is 0 Å². The Morgan fingerprint density at radius 1 is 1.48 bits per heavy atom. The number of aliphatic hydroxyl groups is 1. The summed E-state index contributed by atoms with van der Waals surface area (Å²) in [6.07, 6.45) is -1.19. The lowest BCUT2D eigenvalue weighted by molar-refractivity contribution is -0.140. The molecule has 7 nitrogen and oxygen atoms in total. The Morgan fingerprint density at radius 3 is 2.87 bits per heavy atom. The number of hydrogen-bond acceptors (Lipinski definition) is 6. The lowest BCUT2D eigenvalue weighted by Crippen LogP contribution is -2.56. The molecular formula is C14H18F2N4O3. The van der Waals surface area contributed by atoms with E-state index in [9.17, 15) is 18.7 Å². The van der Waals surface area contributed by atoms with Crippen LogP contribution in [0.5, 0.6) is 5.88 Å². The number of nitrogens with two attached hydrogens (primary N) is 1. The van der Waals surface area contributed by atoms with Crippen molar-refractivity contribution in [1.29, 1.82) is 0 Å². The molecule has 1 aromatic rings. The highest BCUT2D eigenvalue weighted by Crippen LogP contribution is 2.41. The molecule has 126 valence electrons. The molecule has 2 heterocycles. The van der Waals surface area contributed by atoms with E-state index in [2.05, 4.69) is 9.97 Å². The highest BCUT2D eigenvalue weighted by molar-refractivity contribution is 6.00. The Labute approximate surface area is 131 Å². The van der Waals surface area contributed by atoms with Crippen molar-refractivity contribution in [3.05, 3.63) is 11.3 Å². The van der Waals surface area contributed by atoms with Crippen molar-refractivity contribution in [1.82, 2.24) is 14.9 Å². The average molecular weight is 328 g/mol. The highest BCUT2D eigenvalue weighted by Gasteiger charge is 2.53. The molecule has 0 radical (unpaired) electrons. The van der Waals surface area contributed by atoms with E-state index in [1.165, 1.54) is 0 Å². The van der Waals surface area contributed by atoms with Crippen LogP contribution in [0, 0.1) is 0 Å². The van der Waals surface area contributed by atoms with Crippen molar-refractivity contribution in [2.24, 2.45) is 0 Å². The molecule has 1 aromatic heterocycles. The van der Waals surface area contributed by atoms with E-state index >= 15 is 0 Å². The zero-order chi connectivity index (χ0) is 16.8. The minimum atomic E-state index is -3.15. The summed E-state index contributed by atoms with van der Waals surface area (Å²) in [4.78, 5) is 21.4. The molecule has 0 bridgehead atoms. The molecule has 2 aliphatic rings. The number of aromatic nitrogens is 2. The smallest absolute Gasteiger partial charge is 0.270 e. The summed E-state index contributed by atoms with van der Waals surface area (Å²) in [7, 11) is 0. The van der Waals surface area contributed by atoms with Crippen molar-refractivity contribution in [2.45, 2.75) is 50.8 Å². The first-order valence-electron chi connectivity index (χ1n) is 7.51. The molecule has 23 heavy (non-hydrogen) atoms. The number of carbonyl (C=O) groups is 1. The number of nitrogens with zero attached hydrogens (tertiary/aromatic N) is 3. The number of ether oxygens (including phenoxy) is 1. The van der Waals surface area contributed by atoms with E-state index in [4.69, 9.17) is 10.5 Å². The lowest BCUT2D eigenvalue weighted by Gasteiger charge is -2.40. The highest BCUT2D eigenvalue weighted by atomic mass is 19.3. The minimum Gasteiger partial charge on any atom is -0.477 e. The predicted octanol–water partition coefficient (Wildman–Crippen LogP) is 0.962. The van der Waals surface area contributed by atoms with Gasteiger partial charge in [0.1, 0.15) is 11.6 Å². The maximum Gasteiger partial charge on any atom is 0.270 e. The summed E-state index contributed by atoms with van der Waals surface area (Å²) < 4.78 is 33.8. The summed E-state index contributed by atoms with van der Waals surface area (Å²) in [5.41, 5.74) is 5.88. The van der Waals surface area contributed by atoms with Gasteiger partial charge >= 0.3 is 0 Å². The molecule has 3 N–H and O–H groups in total. The van der Waals surface area contributed by atoms with E-state index in [0.717, 1.165) is 4.90 Å². The zero-order valence-electron chi connectivity index (χ0n) is 12.6. The van der Waals surface area contributed by atoms with Crippen LogP contribution in [-0.4, -0.2) is 50.6 Å². The Morgan fingerprint density at radius 2 is 2.22 bits per heavy atom. The second-order valence-corrected chi connectivity index (χ2v) is 5.74. The SMILES string of the molecule is CCOc1nc(N)nc2c1C(=O)N([C@H]1[C@@H](O)CCCC1(F)F)C2. The predicted molar refractivity (Wildman–Crippen MR) is 76.1 cm³/mol. The molecule has 1 saturated carbocycles. The molecule has 0 spiro atoms. The molecule has 0 saturated heterocycles. The van der Waals surface area contributed by atoms with Crippen LogP contribution >= 0.6 is 0 Å². The van der Waals surface area contributed by atoms with Crippen LogP contribution < -0.4 is 10.5 Å². The monoisotopic (exact) mass is 328 g/mol. The number of amides is 1. The van der Waals surface area contributed by atoms with Crippen LogP contribution in [0.2, 0.25) is 0 Å². The van der Waals surface area contributed by atoms with Gasteiger partial charge in [0.15, 0.2) is 0 Å². The van der Waals surface area contributed by atoms with Crippen LogP contribution in [0.1, 0.15) is 42.2 Å². The van der Waals surface area contributed by atoms with Gasteiger partial charge in [-0.25, -0.2) is 13.8 Å². The third kappa shape index (κ3) is 2.58. The van der Waals surface area contributed by atoms with Crippen LogP contribution in [-0.2, 0) is 6.54 Å². The molecule has 0 unspecified atom stereocenters. The van der Waals surface area contributed by atoms with Gasteiger partial charge in [-0.05, 0) is 19.8 Å². The Kier molecular flexibility index (Phi) is 3.83. The Bertz CT molecular complexity index is 641. The minimum absolute atomic E-state index is 0.00360. The standard InChI is InChI=1S/C14H18F2N4O3/c1-2-23-11-9-7(18-13(17)19-11)6-20(12(9)22)10-8(21)4-3-5-14(10,15)16/h8,10,21H,2-6H2,1H3,(H2,17,18,19)/t8-,10-/m0/s1. The Hall–Kier alpha value is -2.03. The topological polar surface area (TPSA) is 102 Å². The third-order valence-corrected chi connectivity index (χ3v) is 4.19. The summed E-state index contributed by atoms with van der Waals surface area (Å²) >= 11 is 0. The molecule has 1 fully saturated rings. The van der Waals surface area contributed by atoms with Crippen LogP contribution in [0.4, 0.5) is 14.7 Å². The fourth-order valence-electron chi connectivity index (χ4n) is 3.24.